The highest BCUT2D eigenvalue weighted by Crippen LogP contribution is 2.16. The summed E-state index contributed by atoms with van der Waals surface area (Å²) in [6, 6.07) is 7.97. The van der Waals surface area contributed by atoms with Gasteiger partial charge in [0.05, 0.1) is 6.61 Å². The van der Waals surface area contributed by atoms with Crippen LogP contribution >= 0.6 is 0 Å². The summed E-state index contributed by atoms with van der Waals surface area (Å²) in [5.41, 5.74) is 6.64. The lowest BCUT2D eigenvalue weighted by atomic mass is 10.3. The van der Waals surface area contributed by atoms with Crippen molar-refractivity contribution in [1.82, 2.24) is 9.55 Å². The Kier molecular flexibility index (Phi) is 3.77. The quantitative estimate of drug-likeness (QED) is 0.853. The van der Waals surface area contributed by atoms with E-state index in [-0.39, 0.29) is 0 Å². The van der Waals surface area contributed by atoms with Crippen molar-refractivity contribution in [2.75, 3.05) is 13.2 Å². The van der Waals surface area contributed by atoms with Gasteiger partial charge in [0.15, 0.2) is 0 Å². The third-order valence-electron chi connectivity index (χ3n) is 2.51. The molecule has 0 aliphatic rings. The van der Waals surface area contributed by atoms with E-state index in [4.69, 9.17) is 10.5 Å². The third kappa shape index (κ3) is 2.65. The van der Waals surface area contributed by atoms with Crippen molar-refractivity contribution >= 4 is 0 Å². The lowest BCUT2D eigenvalue weighted by molar-refractivity contribution is 0.340. The Morgan fingerprint density at radius 1 is 1.29 bits per heavy atom. The second-order valence-corrected chi connectivity index (χ2v) is 3.68. The minimum atomic E-state index is 0.605. The maximum absolute atomic E-state index is 5.56. The summed E-state index contributed by atoms with van der Waals surface area (Å²) in [4.78, 5) is 4.29. The highest BCUT2D eigenvalue weighted by atomic mass is 16.5. The number of aromatic nitrogens is 2. The topological polar surface area (TPSA) is 53.1 Å². The standard InChI is InChI=1S/C13H17N3O/c1-2-17-12-5-3-11(4-6-12)16-10-9-15-13(16)7-8-14/h3-6,9-10H,2,7-8,14H2,1H3. The Balaban J connectivity index is 2.23. The van der Waals surface area contributed by atoms with Gasteiger partial charge in [0.1, 0.15) is 11.6 Å². The third-order valence-corrected chi connectivity index (χ3v) is 2.51. The van der Waals surface area contributed by atoms with Gasteiger partial charge in [-0.05, 0) is 37.7 Å². The Bertz CT molecular complexity index is 462. The predicted molar refractivity (Wildman–Crippen MR) is 67.5 cm³/mol. The normalized spacial score (nSPS) is 10.5. The molecular formula is C13H17N3O. The highest BCUT2D eigenvalue weighted by Gasteiger charge is 2.03. The molecular weight excluding hydrogens is 214 g/mol. The van der Waals surface area contributed by atoms with Gasteiger partial charge >= 0.3 is 0 Å². The minimum Gasteiger partial charge on any atom is -0.494 e. The molecule has 4 heteroatoms. The van der Waals surface area contributed by atoms with Gasteiger partial charge in [0, 0.05) is 24.5 Å². The molecule has 4 nitrogen and oxygen atoms in total. The van der Waals surface area contributed by atoms with Crippen molar-refractivity contribution in [2.45, 2.75) is 13.3 Å². The van der Waals surface area contributed by atoms with Crippen molar-refractivity contribution in [3.8, 4) is 11.4 Å². The first-order valence-corrected chi connectivity index (χ1v) is 5.80. The van der Waals surface area contributed by atoms with Crippen molar-refractivity contribution in [3.63, 3.8) is 0 Å². The Morgan fingerprint density at radius 2 is 2.06 bits per heavy atom. The first-order chi connectivity index (χ1) is 8.35. The maximum Gasteiger partial charge on any atom is 0.119 e. The number of nitrogens with zero attached hydrogens (tertiary/aromatic N) is 2. The molecule has 0 aliphatic carbocycles. The molecule has 0 atom stereocenters. The molecule has 17 heavy (non-hydrogen) atoms. The summed E-state index contributed by atoms with van der Waals surface area (Å²) in [5.74, 6) is 1.87. The lowest BCUT2D eigenvalue weighted by Gasteiger charge is -2.08. The van der Waals surface area contributed by atoms with Crippen LogP contribution in [0.1, 0.15) is 12.7 Å². The highest BCUT2D eigenvalue weighted by molar-refractivity contribution is 5.38. The molecule has 0 bridgehead atoms. The van der Waals surface area contributed by atoms with Crippen molar-refractivity contribution in [3.05, 3.63) is 42.5 Å². The van der Waals surface area contributed by atoms with E-state index in [1.807, 2.05) is 42.0 Å². The summed E-state index contributed by atoms with van der Waals surface area (Å²) in [7, 11) is 0. The lowest BCUT2D eigenvalue weighted by Crippen LogP contribution is -2.08. The van der Waals surface area contributed by atoms with E-state index in [2.05, 4.69) is 4.98 Å². The second kappa shape index (κ2) is 5.50. The molecule has 0 fully saturated rings. The fraction of sp³-hybridized carbons (Fsp3) is 0.308. The number of ether oxygens (including phenoxy) is 1. The molecule has 1 aromatic carbocycles. The molecule has 90 valence electrons. The summed E-state index contributed by atoms with van der Waals surface area (Å²) in [5, 5.41) is 0. The Morgan fingerprint density at radius 3 is 2.71 bits per heavy atom. The van der Waals surface area contributed by atoms with Crippen LogP contribution in [0.5, 0.6) is 5.75 Å². The molecule has 2 rings (SSSR count). The number of nitrogens with two attached hydrogens (primary N) is 1. The van der Waals surface area contributed by atoms with E-state index in [1.54, 1.807) is 6.20 Å². The van der Waals surface area contributed by atoms with E-state index < -0.39 is 0 Å². The van der Waals surface area contributed by atoms with Crippen LogP contribution in [-0.2, 0) is 6.42 Å². The van der Waals surface area contributed by atoms with Crippen LogP contribution in [0.25, 0.3) is 5.69 Å². The van der Waals surface area contributed by atoms with Gasteiger partial charge in [-0.25, -0.2) is 4.98 Å². The zero-order valence-electron chi connectivity index (χ0n) is 9.97. The molecule has 1 aromatic heterocycles. The molecule has 0 radical (unpaired) electrons. The molecule has 0 unspecified atom stereocenters. The van der Waals surface area contributed by atoms with Gasteiger partial charge < -0.3 is 15.0 Å². The summed E-state index contributed by atoms with van der Waals surface area (Å²) in [6.07, 6.45) is 4.52. The number of benzene rings is 1. The molecule has 0 amide bonds. The fourth-order valence-electron chi connectivity index (χ4n) is 1.75. The van der Waals surface area contributed by atoms with E-state index >= 15 is 0 Å². The fourth-order valence-corrected chi connectivity index (χ4v) is 1.75. The van der Waals surface area contributed by atoms with E-state index in [0.717, 1.165) is 23.7 Å². The Hall–Kier alpha value is -1.81. The van der Waals surface area contributed by atoms with E-state index in [1.165, 1.54) is 0 Å². The van der Waals surface area contributed by atoms with Gasteiger partial charge in [-0.2, -0.15) is 0 Å². The van der Waals surface area contributed by atoms with Crippen LogP contribution < -0.4 is 10.5 Å². The van der Waals surface area contributed by atoms with Crippen LogP contribution in [0.15, 0.2) is 36.7 Å². The van der Waals surface area contributed by atoms with Gasteiger partial charge in [0.2, 0.25) is 0 Å². The number of hydrogen-bond donors (Lipinski definition) is 1. The van der Waals surface area contributed by atoms with Crippen LogP contribution in [0.4, 0.5) is 0 Å². The minimum absolute atomic E-state index is 0.605. The molecule has 0 saturated heterocycles. The molecule has 0 saturated carbocycles. The van der Waals surface area contributed by atoms with E-state index in [9.17, 15) is 0 Å². The van der Waals surface area contributed by atoms with E-state index in [0.29, 0.717) is 13.2 Å². The zero-order valence-corrected chi connectivity index (χ0v) is 9.97. The summed E-state index contributed by atoms with van der Waals surface area (Å²) < 4.78 is 7.46. The predicted octanol–water partition coefficient (Wildman–Crippen LogP) is 1.77. The summed E-state index contributed by atoms with van der Waals surface area (Å²) in [6.45, 7) is 3.26. The van der Waals surface area contributed by atoms with Crippen LogP contribution in [0.2, 0.25) is 0 Å². The van der Waals surface area contributed by atoms with Gasteiger partial charge in [-0.1, -0.05) is 0 Å². The van der Waals surface area contributed by atoms with Crippen molar-refractivity contribution < 1.29 is 4.74 Å². The van der Waals surface area contributed by atoms with Crippen LogP contribution in [0.3, 0.4) is 0 Å². The van der Waals surface area contributed by atoms with Crippen molar-refractivity contribution in [1.29, 1.82) is 0 Å². The number of hydrogen-bond acceptors (Lipinski definition) is 3. The average Bonchev–Trinajstić information content (AvgIpc) is 2.79. The molecule has 0 spiro atoms. The zero-order chi connectivity index (χ0) is 12.1. The first kappa shape index (κ1) is 11.7. The van der Waals surface area contributed by atoms with Crippen molar-refractivity contribution in [2.24, 2.45) is 5.73 Å². The average molecular weight is 231 g/mol. The first-order valence-electron chi connectivity index (χ1n) is 5.80. The number of imidazole rings is 1. The molecule has 0 aliphatic heterocycles. The maximum atomic E-state index is 5.56. The SMILES string of the molecule is CCOc1ccc(-n2ccnc2CCN)cc1. The molecule has 1 heterocycles. The monoisotopic (exact) mass is 231 g/mol. The smallest absolute Gasteiger partial charge is 0.119 e. The Labute approximate surface area is 101 Å². The van der Waals surface area contributed by atoms with Gasteiger partial charge in [-0.3, -0.25) is 0 Å². The van der Waals surface area contributed by atoms with Crippen LogP contribution in [-0.4, -0.2) is 22.7 Å². The largest absolute Gasteiger partial charge is 0.494 e. The molecule has 2 N–H and O–H groups in total. The van der Waals surface area contributed by atoms with Crippen LogP contribution in [0, 0.1) is 0 Å². The van der Waals surface area contributed by atoms with Gasteiger partial charge in [0.25, 0.3) is 0 Å². The molecule has 2 aromatic rings. The number of rotatable bonds is 5. The second-order valence-electron chi connectivity index (χ2n) is 3.68. The van der Waals surface area contributed by atoms with Gasteiger partial charge in [-0.15, -0.1) is 0 Å². The summed E-state index contributed by atoms with van der Waals surface area (Å²) >= 11 is 0.